The van der Waals surface area contributed by atoms with Crippen LogP contribution in [0, 0.1) is 12.8 Å². The smallest absolute Gasteiger partial charge is 0.167 e. The molecule has 0 radical (unpaired) electrons. The molecule has 1 aromatic rings. The highest BCUT2D eigenvalue weighted by Crippen LogP contribution is 2.13. The van der Waals surface area contributed by atoms with E-state index in [0.29, 0.717) is 6.61 Å². The Kier molecular flexibility index (Phi) is 3.60. The maximum Gasteiger partial charge on any atom is 0.167 e. The lowest BCUT2D eigenvalue weighted by atomic mass is 10.1. The number of aryl methyl sites for hydroxylation is 1. The van der Waals surface area contributed by atoms with E-state index in [2.05, 4.69) is 5.32 Å². The Morgan fingerprint density at radius 3 is 3.00 bits per heavy atom. The summed E-state index contributed by atoms with van der Waals surface area (Å²) in [4.78, 5) is 11.7. The third-order valence-corrected chi connectivity index (χ3v) is 2.68. The van der Waals surface area contributed by atoms with Crippen LogP contribution in [0.5, 0.6) is 0 Å². The second-order valence-electron chi connectivity index (χ2n) is 3.96. The normalized spacial score (nSPS) is 18.3. The van der Waals surface area contributed by atoms with Gasteiger partial charge in [-0.1, -0.05) is 18.2 Å². The molecule has 2 rings (SSSR count). The number of hydrogen-bond donors (Lipinski definition) is 1. The summed E-state index contributed by atoms with van der Waals surface area (Å²) in [6.45, 7) is 2.47. The quantitative estimate of drug-likeness (QED) is 0.807. The Morgan fingerprint density at radius 2 is 2.29 bits per heavy atom. The molecule has 17 heavy (non-hydrogen) atoms. The minimum absolute atomic E-state index is 0.0554. The Bertz CT molecular complexity index is 463. The summed E-state index contributed by atoms with van der Waals surface area (Å²) >= 11 is 0. The molecule has 1 aliphatic rings. The molecule has 0 saturated carbocycles. The second-order valence-corrected chi connectivity index (χ2v) is 3.96. The maximum atomic E-state index is 11.7. The van der Waals surface area contributed by atoms with Gasteiger partial charge in [0.2, 0.25) is 0 Å². The van der Waals surface area contributed by atoms with Gasteiger partial charge >= 0.3 is 0 Å². The summed E-state index contributed by atoms with van der Waals surface area (Å²) in [5.74, 6) is -0.0789. The van der Waals surface area contributed by atoms with Crippen molar-refractivity contribution >= 4 is 11.5 Å². The van der Waals surface area contributed by atoms with Crippen LogP contribution >= 0.6 is 0 Å². The van der Waals surface area contributed by atoms with Crippen molar-refractivity contribution in [3.8, 4) is 0 Å². The van der Waals surface area contributed by atoms with E-state index in [4.69, 9.17) is 4.74 Å². The fourth-order valence-corrected chi connectivity index (χ4v) is 1.61. The molecule has 1 aliphatic heterocycles. The first-order valence-corrected chi connectivity index (χ1v) is 5.58. The minimum atomic E-state index is -0.134. The zero-order valence-corrected chi connectivity index (χ0v) is 9.72. The standard InChI is InChI=1S/C14H15NO2/c1-11-4-2-3-5-13(11)15-8-6-14(16)12-7-9-17-10-12/h2-9,12,15H,10H2,1H3/b8-6-. The molecule has 0 spiro atoms. The van der Waals surface area contributed by atoms with Crippen LogP contribution in [0.3, 0.4) is 0 Å². The van der Waals surface area contributed by atoms with E-state index in [1.807, 2.05) is 31.2 Å². The molecule has 88 valence electrons. The number of allylic oxidation sites excluding steroid dienone is 1. The predicted molar refractivity (Wildman–Crippen MR) is 67.5 cm³/mol. The highest BCUT2D eigenvalue weighted by molar-refractivity contribution is 5.93. The number of rotatable bonds is 4. The summed E-state index contributed by atoms with van der Waals surface area (Å²) in [5.41, 5.74) is 2.16. The van der Waals surface area contributed by atoms with Crippen molar-refractivity contribution in [3.63, 3.8) is 0 Å². The number of carbonyl (C=O) groups excluding carboxylic acids is 1. The summed E-state index contributed by atoms with van der Waals surface area (Å²) in [5, 5.41) is 3.10. The SMILES string of the molecule is Cc1ccccc1N/C=C\C(=O)C1C=COC1. The van der Waals surface area contributed by atoms with Crippen molar-refractivity contribution in [1.82, 2.24) is 0 Å². The molecule has 0 amide bonds. The molecule has 0 fully saturated rings. The van der Waals surface area contributed by atoms with Crippen LogP contribution in [-0.2, 0) is 9.53 Å². The third kappa shape index (κ3) is 2.97. The zero-order chi connectivity index (χ0) is 12.1. The van der Waals surface area contributed by atoms with Gasteiger partial charge in [0.15, 0.2) is 5.78 Å². The molecule has 0 aliphatic carbocycles. The third-order valence-electron chi connectivity index (χ3n) is 2.68. The van der Waals surface area contributed by atoms with Crippen LogP contribution in [0.1, 0.15) is 5.56 Å². The number of nitrogens with one attached hydrogen (secondary N) is 1. The highest BCUT2D eigenvalue weighted by atomic mass is 16.5. The van der Waals surface area contributed by atoms with Gasteiger partial charge in [-0.3, -0.25) is 4.79 Å². The van der Waals surface area contributed by atoms with Gasteiger partial charge in [-0.05, 0) is 30.7 Å². The Labute approximate surface area is 101 Å². The lowest BCUT2D eigenvalue weighted by Crippen LogP contribution is -2.11. The van der Waals surface area contributed by atoms with Gasteiger partial charge < -0.3 is 10.1 Å². The Morgan fingerprint density at radius 1 is 1.47 bits per heavy atom. The van der Waals surface area contributed by atoms with Crippen LogP contribution in [0.2, 0.25) is 0 Å². The van der Waals surface area contributed by atoms with E-state index in [0.717, 1.165) is 11.3 Å². The Hall–Kier alpha value is -2.03. The maximum absolute atomic E-state index is 11.7. The molecule has 0 bridgehead atoms. The first-order valence-electron chi connectivity index (χ1n) is 5.58. The molecule has 0 saturated heterocycles. The van der Waals surface area contributed by atoms with Crippen molar-refractivity contribution in [2.45, 2.75) is 6.92 Å². The fourth-order valence-electron chi connectivity index (χ4n) is 1.61. The van der Waals surface area contributed by atoms with Gasteiger partial charge in [-0.25, -0.2) is 0 Å². The molecular formula is C14H15NO2. The first-order chi connectivity index (χ1) is 8.27. The predicted octanol–water partition coefficient (Wildman–Crippen LogP) is 2.65. The van der Waals surface area contributed by atoms with E-state index < -0.39 is 0 Å². The largest absolute Gasteiger partial charge is 0.500 e. The molecular weight excluding hydrogens is 214 g/mol. The molecule has 3 heteroatoms. The summed E-state index contributed by atoms with van der Waals surface area (Å²) in [7, 11) is 0. The van der Waals surface area contributed by atoms with Crippen molar-refractivity contribution in [2.75, 3.05) is 11.9 Å². The van der Waals surface area contributed by atoms with E-state index in [9.17, 15) is 4.79 Å². The highest BCUT2D eigenvalue weighted by Gasteiger charge is 2.16. The average Bonchev–Trinajstić information content (AvgIpc) is 2.85. The average molecular weight is 229 g/mol. The Balaban J connectivity index is 1.91. The number of anilines is 1. The van der Waals surface area contributed by atoms with Crippen LogP contribution in [0.25, 0.3) is 0 Å². The number of ketones is 1. The van der Waals surface area contributed by atoms with Gasteiger partial charge in [-0.2, -0.15) is 0 Å². The lowest BCUT2D eigenvalue weighted by Gasteiger charge is -2.04. The van der Waals surface area contributed by atoms with Crippen LogP contribution in [0.15, 0.2) is 48.9 Å². The van der Waals surface area contributed by atoms with Crippen molar-refractivity contribution < 1.29 is 9.53 Å². The van der Waals surface area contributed by atoms with Gasteiger partial charge in [0.1, 0.15) is 6.61 Å². The number of carbonyl (C=O) groups is 1. The topological polar surface area (TPSA) is 38.3 Å². The fraction of sp³-hybridized carbons (Fsp3) is 0.214. The summed E-state index contributed by atoms with van der Waals surface area (Å²) in [6.07, 6.45) is 6.58. The summed E-state index contributed by atoms with van der Waals surface area (Å²) in [6, 6.07) is 7.93. The van der Waals surface area contributed by atoms with Crippen LogP contribution in [0.4, 0.5) is 5.69 Å². The monoisotopic (exact) mass is 229 g/mol. The van der Waals surface area contributed by atoms with E-state index >= 15 is 0 Å². The van der Waals surface area contributed by atoms with E-state index in [-0.39, 0.29) is 11.7 Å². The first kappa shape index (κ1) is 11.5. The molecule has 3 nitrogen and oxygen atoms in total. The lowest BCUT2D eigenvalue weighted by molar-refractivity contribution is -0.117. The van der Waals surface area contributed by atoms with Gasteiger partial charge in [-0.15, -0.1) is 0 Å². The number of hydrogen-bond acceptors (Lipinski definition) is 3. The molecule has 1 unspecified atom stereocenters. The molecule has 0 aromatic heterocycles. The van der Waals surface area contributed by atoms with Crippen molar-refractivity contribution in [3.05, 3.63) is 54.4 Å². The summed E-state index contributed by atoms with van der Waals surface area (Å²) < 4.78 is 5.01. The second kappa shape index (κ2) is 5.34. The number of para-hydroxylation sites is 1. The number of ether oxygens (including phenoxy) is 1. The molecule has 1 atom stereocenters. The zero-order valence-electron chi connectivity index (χ0n) is 9.72. The van der Waals surface area contributed by atoms with Gasteiger partial charge in [0, 0.05) is 11.9 Å². The van der Waals surface area contributed by atoms with Crippen LogP contribution < -0.4 is 5.32 Å². The number of benzene rings is 1. The van der Waals surface area contributed by atoms with Crippen molar-refractivity contribution in [1.29, 1.82) is 0 Å². The minimum Gasteiger partial charge on any atom is -0.500 e. The van der Waals surface area contributed by atoms with Gasteiger partial charge in [0.05, 0.1) is 12.2 Å². The van der Waals surface area contributed by atoms with E-state index in [1.54, 1.807) is 24.6 Å². The molecule has 1 heterocycles. The molecule has 1 N–H and O–H groups in total. The van der Waals surface area contributed by atoms with E-state index in [1.165, 1.54) is 0 Å². The van der Waals surface area contributed by atoms with Crippen molar-refractivity contribution in [2.24, 2.45) is 5.92 Å². The van der Waals surface area contributed by atoms with Gasteiger partial charge in [0.25, 0.3) is 0 Å². The molecule has 1 aromatic carbocycles. The van der Waals surface area contributed by atoms with Crippen LogP contribution in [-0.4, -0.2) is 12.4 Å².